The maximum Gasteiger partial charge on any atom is 0.239 e. The molecule has 0 aliphatic carbocycles. The van der Waals surface area contributed by atoms with Gasteiger partial charge >= 0.3 is 0 Å². The largest absolute Gasteiger partial charge is 0.324 e. The number of halogens is 1. The first kappa shape index (κ1) is 9.48. The van der Waals surface area contributed by atoms with Crippen LogP contribution in [0.1, 0.15) is 0 Å². The first-order valence-corrected chi connectivity index (χ1v) is 5.85. The Morgan fingerprint density at radius 3 is 2.79 bits per heavy atom. The van der Waals surface area contributed by atoms with E-state index in [4.69, 9.17) is 11.6 Å². The summed E-state index contributed by atoms with van der Waals surface area (Å²) in [5.41, 5.74) is 0.258. The Kier molecular flexibility index (Phi) is 2.01. The number of benzene rings is 1. The van der Waals surface area contributed by atoms with E-state index in [-0.39, 0.29) is 15.6 Å². The van der Waals surface area contributed by atoms with E-state index >= 15 is 0 Å². The average molecular weight is 232 g/mol. The minimum absolute atomic E-state index is 0.0151. The number of hydrogen-bond acceptors (Lipinski definition) is 3. The molecule has 1 heterocycles. The molecule has 0 bridgehead atoms. The van der Waals surface area contributed by atoms with Crippen LogP contribution in [0.4, 0.5) is 5.69 Å². The van der Waals surface area contributed by atoms with Gasteiger partial charge in [0.15, 0.2) is 9.84 Å². The Hall–Kier alpha value is -1.07. The maximum absolute atomic E-state index is 11.6. The smallest absolute Gasteiger partial charge is 0.239 e. The van der Waals surface area contributed by atoms with Crippen molar-refractivity contribution in [2.75, 3.05) is 11.1 Å². The van der Waals surface area contributed by atoms with Crippen LogP contribution in [0.25, 0.3) is 0 Å². The van der Waals surface area contributed by atoms with Crippen LogP contribution in [0.5, 0.6) is 0 Å². The molecule has 74 valence electrons. The summed E-state index contributed by atoms with van der Waals surface area (Å²) in [6.07, 6.45) is 0. The van der Waals surface area contributed by atoms with Gasteiger partial charge in [0.1, 0.15) is 10.6 Å². The van der Waals surface area contributed by atoms with E-state index in [0.717, 1.165) is 0 Å². The highest BCUT2D eigenvalue weighted by molar-refractivity contribution is 7.92. The van der Waals surface area contributed by atoms with Gasteiger partial charge in [-0.2, -0.15) is 0 Å². The highest BCUT2D eigenvalue weighted by Crippen LogP contribution is 2.32. The molecule has 2 rings (SSSR count). The Bertz CT molecular complexity index is 509. The summed E-state index contributed by atoms with van der Waals surface area (Å²) in [6.45, 7) is 0. The number of sulfone groups is 1. The molecule has 1 aromatic rings. The third-order valence-electron chi connectivity index (χ3n) is 1.87. The normalized spacial score (nSPS) is 18.5. The number of fused-ring (bicyclic) bond motifs is 1. The third kappa shape index (κ3) is 1.38. The van der Waals surface area contributed by atoms with Crippen molar-refractivity contribution >= 4 is 33.0 Å². The molecule has 6 heteroatoms. The van der Waals surface area contributed by atoms with Gasteiger partial charge in [-0.3, -0.25) is 4.79 Å². The molecule has 0 aromatic heterocycles. The lowest BCUT2D eigenvalue weighted by molar-refractivity contribution is -0.114. The van der Waals surface area contributed by atoms with E-state index in [1.807, 2.05) is 0 Å². The third-order valence-corrected chi connectivity index (χ3v) is 4.00. The quantitative estimate of drug-likeness (QED) is 0.726. The Labute approximate surface area is 85.8 Å². The van der Waals surface area contributed by atoms with Crippen molar-refractivity contribution in [2.24, 2.45) is 0 Å². The molecule has 0 radical (unpaired) electrons. The summed E-state index contributed by atoms with van der Waals surface area (Å²) in [5.74, 6) is -1.07. The summed E-state index contributed by atoms with van der Waals surface area (Å²) in [5, 5.41) is 2.59. The van der Waals surface area contributed by atoms with Crippen molar-refractivity contribution in [3.8, 4) is 0 Å². The predicted octanol–water partition coefficient (Wildman–Crippen LogP) is 1.07. The summed E-state index contributed by atoms with van der Waals surface area (Å²) in [7, 11) is -3.57. The fraction of sp³-hybridized carbons (Fsp3) is 0.125. The number of anilines is 1. The van der Waals surface area contributed by atoms with Gasteiger partial charge in [0, 0.05) is 0 Å². The van der Waals surface area contributed by atoms with Crippen molar-refractivity contribution in [3.05, 3.63) is 23.2 Å². The number of hydrogen-bond donors (Lipinski definition) is 1. The molecule has 14 heavy (non-hydrogen) atoms. The van der Waals surface area contributed by atoms with Crippen molar-refractivity contribution in [1.82, 2.24) is 0 Å². The molecule has 0 saturated heterocycles. The SMILES string of the molecule is O=C1CS(=O)(=O)c2c(Cl)cccc2N1. The fourth-order valence-corrected chi connectivity index (χ4v) is 3.26. The lowest BCUT2D eigenvalue weighted by Crippen LogP contribution is -2.29. The number of carbonyl (C=O) groups is 1. The predicted molar refractivity (Wildman–Crippen MR) is 52.1 cm³/mol. The molecule has 1 amide bonds. The maximum atomic E-state index is 11.6. The molecule has 1 aromatic carbocycles. The summed E-state index contributed by atoms with van der Waals surface area (Å²) < 4.78 is 23.1. The first-order chi connectivity index (χ1) is 6.50. The molecule has 0 atom stereocenters. The second-order valence-electron chi connectivity index (χ2n) is 2.92. The zero-order valence-corrected chi connectivity index (χ0v) is 8.52. The standard InChI is InChI=1S/C8H6ClNO3S/c9-5-2-1-3-6-8(5)14(12,13)4-7(11)10-6/h1-3H,4H2,(H,10,11). The summed E-state index contributed by atoms with van der Waals surface area (Å²) >= 11 is 5.74. The van der Waals surface area contributed by atoms with Crippen molar-refractivity contribution in [1.29, 1.82) is 0 Å². The number of rotatable bonds is 0. The molecule has 0 saturated carbocycles. The molecule has 1 aliphatic rings. The van der Waals surface area contributed by atoms with Gasteiger partial charge in [-0.25, -0.2) is 8.42 Å². The van der Waals surface area contributed by atoms with E-state index in [1.54, 1.807) is 6.07 Å². The van der Waals surface area contributed by atoms with Crippen LogP contribution in [0.3, 0.4) is 0 Å². The van der Waals surface area contributed by atoms with E-state index in [9.17, 15) is 13.2 Å². The second-order valence-corrected chi connectivity index (χ2v) is 5.26. The van der Waals surface area contributed by atoms with Gasteiger partial charge < -0.3 is 5.32 Å². The molecular weight excluding hydrogens is 226 g/mol. The van der Waals surface area contributed by atoms with E-state index < -0.39 is 21.5 Å². The molecule has 0 unspecified atom stereocenters. The van der Waals surface area contributed by atoms with Crippen molar-refractivity contribution < 1.29 is 13.2 Å². The van der Waals surface area contributed by atoms with Crippen LogP contribution >= 0.6 is 11.6 Å². The highest BCUT2D eigenvalue weighted by atomic mass is 35.5. The van der Waals surface area contributed by atoms with Gasteiger partial charge in [0.05, 0.1) is 10.7 Å². The second kappa shape index (κ2) is 2.96. The highest BCUT2D eigenvalue weighted by Gasteiger charge is 2.30. The van der Waals surface area contributed by atoms with E-state index in [0.29, 0.717) is 0 Å². The average Bonchev–Trinajstić information content (AvgIpc) is 2.00. The van der Waals surface area contributed by atoms with E-state index in [1.165, 1.54) is 12.1 Å². The van der Waals surface area contributed by atoms with E-state index in [2.05, 4.69) is 5.32 Å². The van der Waals surface area contributed by atoms with Crippen LogP contribution in [-0.2, 0) is 14.6 Å². The summed E-state index contributed by atoms with van der Waals surface area (Å²) in [6, 6.07) is 4.58. The molecule has 4 nitrogen and oxygen atoms in total. The van der Waals surface area contributed by atoms with Crippen LogP contribution in [0.15, 0.2) is 23.1 Å². The molecule has 1 N–H and O–H groups in total. The van der Waals surface area contributed by atoms with Gasteiger partial charge in [-0.05, 0) is 12.1 Å². The Morgan fingerprint density at radius 1 is 1.36 bits per heavy atom. The Balaban J connectivity index is 2.77. The zero-order chi connectivity index (χ0) is 10.3. The minimum Gasteiger partial charge on any atom is -0.324 e. The van der Waals surface area contributed by atoms with Crippen molar-refractivity contribution in [3.63, 3.8) is 0 Å². The van der Waals surface area contributed by atoms with Gasteiger partial charge in [-0.15, -0.1) is 0 Å². The number of amides is 1. The molecule has 1 aliphatic heterocycles. The zero-order valence-electron chi connectivity index (χ0n) is 6.95. The molecular formula is C8H6ClNO3S. The fourth-order valence-electron chi connectivity index (χ4n) is 1.35. The van der Waals surface area contributed by atoms with Crippen LogP contribution in [0.2, 0.25) is 5.02 Å². The first-order valence-electron chi connectivity index (χ1n) is 3.82. The summed E-state index contributed by atoms with van der Waals surface area (Å²) in [4.78, 5) is 11.0. The lowest BCUT2D eigenvalue weighted by Gasteiger charge is -2.17. The molecule has 0 fully saturated rings. The van der Waals surface area contributed by atoms with Gasteiger partial charge in [0.25, 0.3) is 0 Å². The number of nitrogens with one attached hydrogen (secondary N) is 1. The topological polar surface area (TPSA) is 63.2 Å². The van der Waals surface area contributed by atoms with Crippen LogP contribution in [-0.4, -0.2) is 20.1 Å². The van der Waals surface area contributed by atoms with Crippen molar-refractivity contribution in [2.45, 2.75) is 4.90 Å². The molecule has 0 spiro atoms. The Morgan fingerprint density at radius 2 is 2.07 bits per heavy atom. The monoisotopic (exact) mass is 231 g/mol. The van der Waals surface area contributed by atoms with Gasteiger partial charge in [-0.1, -0.05) is 17.7 Å². The van der Waals surface area contributed by atoms with Crippen LogP contribution < -0.4 is 5.32 Å². The lowest BCUT2D eigenvalue weighted by atomic mass is 10.3. The minimum atomic E-state index is -3.57. The van der Waals surface area contributed by atoms with Crippen LogP contribution in [0, 0.1) is 0 Å². The number of carbonyl (C=O) groups excluding carboxylic acids is 1. The van der Waals surface area contributed by atoms with Gasteiger partial charge in [0.2, 0.25) is 5.91 Å².